The summed E-state index contributed by atoms with van der Waals surface area (Å²) in [7, 11) is 0. The minimum Gasteiger partial charge on any atom is -0.349 e. The van der Waals surface area contributed by atoms with Gasteiger partial charge in [0, 0.05) is 30.9 Å². The van der Waals surface area contributed by atoms with E-state index in [0.717, 1.165) is 11.4 Å². The second-order valence-electron chi connectivity index (χ2n) is 5.33. The molecule has 2 bridgehead atoms. The van der Waals surface area contributed by atoms with Crippen LogP contribution in [0.15, 0.2) is 28.2 Å². The summed E-state index contributed by atoms with van der Waals surface area (Å²) in [5, 5.41) is 5.50. The molecule has 0 saturated carbocycles. The van der Waals surface area contributed by atoms with Gasteiger partial charge in [-0.3, -0.25) is 19.6 Å². The van der Waals surface area contributed by atoms with Crippen LogP contribution in [0.1, 0.15) is 41.2 Å². The molecule has 2 amide bonds. The fourth-order valence-corrected chi connectivity index (χ4v) is 2.18. The first-order chi connectivity index (χ1) is 11.1. The third kappa shape index (κ3) is 5.28. The van der Waals surface area contributed by atoms with Crippen molar-refractivity contribution in [1.29, 1.82) is 0 Å². The normalized spacial score (nSPS) is 17.7. The summed E-state index contributed by atoms with van der Waals surface area (Å²) in [5.74, 6) is -0.616. The molecule has 2 N–H and O–H groups in total. The number of aliphatic imine (C=N–C) groups is 2. The molecule has 2 heterocycles. The third-order valence-corrected chi connectivity index (χ3v) is 3.28. The van der Waals surface area contributed by atoms with E-state index in [1.54, 1.807) is 18.2 Å². The van der Waals surface area contributed by atoms with Crippen molar-refractivity contribution >= 4 is 23.2 Å². The van der Waals surface area contributed by atoms with E-state index in [0.29, 0.717) is 32.6 Å². The van der Waals surface area contributed by atoms with Crippen LogP contribution in [0, 0.1) is 0 Å². The summed E-state index contributed by atoms with van der Waals surface area (Å²) in [6.07, 6.45) is 0.697. The van der Waals surface area contributed by atoms with E-state index in [-0.39, 0.29) is 23.2 Å². The zero-order valence-electron chi connectivity index (χ0n) is 13.4. The highest BCUT2D eigenvalue weighted by Gasteiger charge is 2.11. The van der Waals surface area contributed by atoms with Gasteiger partial charge in [-0.1, -0.05) is 6.07 Å². The lowest BCUT2D eigenvalue weighted by atomic mass is 10.2. The first-order valence-electron chi connectivity index (χ1n) is 7.59. The van der Waals surface area contributed by atoms with Crippen LogP contribution in [0.4, 0.5) is 0 Å². The highest BCUT2D eigenvalue weighted by atomic mass is 16.2. The van der Waals surface area contributed by atoms with Crippen LogP contribution >= 0.6 is 0 Å². The zero-order chi connectivity index (χ0) is 16.7. The van der Waals surface area contributed by atoms with Crippen LogP contribution in [0.2, 0.25) is 0 Å². The summed E-state index contributed by atoms with van der Waals surface area (Å²) in [6, 6.07) is 4.80. The molecule has 1 aliphatic heterocycles. The van der Waals surface area contributed by atoms with E-state index in [9.17, 15) is 9.59 Å². The molecule has 0 saturated heterocycles. The summed E-state index contributed by atoms with van der Waals surface area (Å²) in [4.78, 5) is 37.0. The Balaban J connectivity index is 2.17. The molecule has 1 aliphatic rings. The van der Waals surface area contributed by atoms with Crippen LogP contribution in [-0.4, -0.2) is 54.4 Å². The smallest absolute Gasteiger partial charge is 0.269 e. The minimum atomic E-state index is -0.308. The van der Waals surface area contributed by atoms with Crippen LogP contribution in [0.3, 0.4) is 0 Å². The highest BCUT2D eigenvalue weighted by Crippen LogP contribution is 2.00. The lowest BCUT2D eigenvalue weighted by Gasteiger charge is -2.08. The van der Waals surface area contributed by atoms with Crippen molar-refractivity contribution in [2.75, 3.05) is 26.2 Å². The van der Waals surface area contributed by atoms with Crippen molar-refractivity contribution in [2.24, 2.45) is 9.98 Å². The largest absolute Gasteiger partial charge is 0.349 e. The molecule has 0 fully saturated rings. The maximum atomic E-state index is 12.0. The van der Waals surface area contributed by atoms with Gasteiger partial charge < -0.3 is 10.6 Å². The third-order valence-electron chi connectivity index (χ3n) is 3.28. The number of carbonyl (C=O) groups excluding carboxylic acids is 2. The first kappa shape index (κ1) is 16.8. The van der Waals surface area contributed by atoms with Crippen LogP contribution in [0.25, 0.3) is 0 Å². The van der Waals surface area contributed by atoms with Gasteiger partial charge in [0.25, 0.3) is 11.8 Å². The Labute approximate surface area is 135 Å². The molecule has 0 aromatic carbocycles. The molecule has 7 nitrogen and oxygen atoms in total. The Hall–Kier alpha value is -2.57. The number of rotatable bonds is 0. The van der Waals surface area contributed by atoms with E-state index in [2.05, 4.69) is 25.6 Å². The van der Waals surface area contributed by atoms with Crippen LogP contribution in [0.5, 0.6) is 0 Å². The Morgan fingerprint density at radius 1 is 0.870 bits per heavy atom. The predicted molar refractivity (Wildman–Crippen MR) is 89.5 cm³/mol. The van der Waals surface area contributed by atoms with Gasteiger partial charge in [-0.05, 0) is 26.0 Å². The van der Waals surface area contributed by atoms with Crippen molar-refractivity contribution in [2.45, 2.75) is 20.3 Å². The Kier molecular flexibility index (Phi) is 5.96. The minimum absolute atomic E-state index is 0.222. The quantitative estimate of drug-likeness (QED) is 0.743. The van der Waals surface area contributed by atoms with Gasteiger partial charge in [0.1, 0.15) is 11.4 Å². The van der Waals surface area contributed by atoms with E-state index < -0.39 is 0 Å². The molecule has 23 heavy (non-hydrogen) atoms. The first-order valence-corrected chi connectivity index (χ1v) is 7.59. The highest BCUT2D eigenvalue weighted by molar-refractivity contribution is 6.02. The van der Waals surface area contributed by atoms with Gasteiger partial charge in [0.05, 0.1) is 13.1 Å². The van der Waals surface area contributed by atoms with Crippen molar-refractivity contribution < 1.29 is 9.59 Å². The average molecular weight is 315 g/mol. The van der Waals surface area contributed by atoms with Gasteiger partial charge >= 0.3 is 0 Å². The summed E-state index contributed by atoms with van der Waals surface area (Å²) < 4.78 is 0. The van der Waals surface area contributed by atoms with Crippen molar-refractivity contribution in [1.82, 2.24) is 15.6 Å². The fourth-order valence-electron chi connectivity index (χ4n) is 2.18. The van der Waals surface area contributed by atoms with Crippen LogP contribution in [-0.2, 0) is 0 Å². The number of hydrogen-bond acceptors (Lipinski definition) is 5. The van der Waals surface area contributed by atoms with Gasteiger partial charge in [0.15, 0.2) is 0 Å². The maximum Gasteiger partial charge on any atom is 0.269 e. The molecule has 0 atom stereocenters. The van der Waals surface area contributed by atoms with Crippen LogP contribution < -0.4 is 10.6 Å². The number of nitrogens with one attached hydrogen (secondary N) is 2. The predicted octanol–water partition coefficient (Wildman–Crippen LogP) is 0.867. The number of amides is 2. The van der Waals surface area contributed by atoms with Crippen molar-refractivity contribution in [3.63, 3.8) is 0 Å². The topological polar surface area (TPSA) is 95.8 Å². The molecule has 122 valence electrons. The number of carbonyl (C=O) groups is 2. The Morgan fingerprint density at radius 2 is 1.35 bits per heavy atom. The van der Waals surface area contributed by atoms with E-state index in [4.69, 9.17) is 0 Å². The number of nitrogens with zero attached hydrogens (tertiary/aromatic N) is 3. The van der Waals surface area contributed by atoms with E-state index in [1.165, 1.54) is 0 Å². The molecule has 1 aromatic rings. The molecule has 1 aromatic heterocycles. The monoisotopic (exact) mass is 315 g/mol. The van der Waals surface area contributed by atoms with Crippen molar-refractivity contribution in [3.8, 4) is 0 Å². The Bertz CT molecular complexity index is 600. The molecule has 2 rings (SSSR count). The molecule has 0 unspecified atom stereocenters. The van der Waals surface area contributed by atoms with Gasteiger partial charge in [0.2, 0.25) is 0 Å². The number of hydrogen-bond donors (Lipinski definition) is 2. The molecule has 0 spiro atoms. The molecule has 0 radical (unpaired) electrons. The fraction of sp³-hybridized carbons (Fsp3) is 0.438. The summed E-state index contributed by atoms with van der Waals surface area (Å²) in [5.41, 5.74) is 2.38. The molecule has 7 heteroatoms. The van der Waals surface area contributed by atoms with Crippen molar-refractivity contribution in [3.05, 3.63) is 29.6 Å². The van der Waals surface area contributed by atoms with E-state index >= 15 is 0 Å². The van der Waals surface area contributed by atoms with Gasteiger partial charge in [-0.15, -0.1) is 0 Å². The van der Waals surface area contributed by atoms with Gasteiger partial charge in [-0.2, -0.15) is 0 Å². The zero-order valence-corrected chi connectivity index (χ0v) is 13.4. The Morgan fingerprint density at radius 3 is 1.83 bits per heavy atom. The second-order valence-corrected chi connectivity index (χ2v) is 5.33. The summed E-state index contributed by atoms with van der Waals surface area (Å²) in [6.45, 7) is 5.73. The average Bonchev–Trinajstić information content (AvgIpc) is 2.54. The second kappa shape index (κ2) is 8.17. The standard InChI is InChI=1S/C16H21N5O2/c1-11-10-12(2)18-7-9-20-16(23)14-5-3-4-13(21-14)15(22)19-8-6-17-11/h3-5H,6-10H2,1-2H3,(H,19,22)(H,20,23). The number of aromatic nitrogens is 1. The molecular weight excluding hydrogens is 294 g/mol. The summed E-state index contributed by atoms with van der Waals surface area (Å²) >= 11 is 0. The lowest BCUT2D eigenvalue weighted by molar-refractivity contribution is 0.0945. The maximum absolute atomic E-state index is 12.0. The van der Waals surface area contributed by atoms with E-state index in [1.807, 2.05) is 13.8 Å². The molecular formula is C16H21N5O2. The van der Waals surface area contributed by atoms with Gasteiger partial charge in [-0.25, -0.2) is 4.98 Å². The SMILES string of the molecule is CC1=NCCNC(=O)c2cccc(n2)C(=O)NCCN=C(C)C1. The number of fused-ring (bicyclic) bond motifs is 2. The lowest BCUT2D eigenvalue weighted by Crippen LogP contribution is -2.30. The molecule has 0 aliphatic carbocycles. The number of pyridine rings is 1.